The normalized spacial score (nSPS) is 12.3. The maximum Gasteiger partial charge on any atom is 0.252 e. The molecule has 2 nitrogen and oxygen atoms in total. The van der Waals surface area contributed by atoms with Gasteiger partial charge in [-0.15, -0.1) is 0 Å². The molecule has 1 N–H and O–H groups in total. The molecule has 0 bridgehead atoms. The Bertz CT molecular complexity index is 370. The summed E-state index contributed by atoms with van der Waals surface area (Å²) >= 11 is 6.45. The lowest BCUT2D eigenvalue weighted by molar-refractivity contribution is 0.0942. The van der Waals surface area contributed by atoms with Crippen molar-refractivity contribution in [3.63, 3.8) is 0 Å². The van der Waals surface area contributed by atoms with E-state index in [1.807, 2.05) is 6.92 Å². The standard InChI is InChI=1S/C10H10Br2FNO/c1-6(5-11)14-10(15)8-4-7(13)2-3-9(8)12/h2-4,6H,5H2,1H3,(H,14,15). The molecule has 1 aromatic rings. The van der Waals surface area contributed by atoms with Crippen LogP contribution in [0.1, 0.15) is 17.3 Å². The summed E-state index contributed by atoms with van der Waals surface area (Å²) in [5.41, 5.74) is 0.308. The second kappa shape index (κ2) is 5.61. The maximum atomic E-state index is 12.9. The van der Waals surface area contributed by atoms with Crippen molar-refractivity contribution in [2.75, 3.05) is 5.33 Å². The monoisotopic (exact) mass is 337 g/mol. The van der Waals surface area contributed by atoms with E-state index in [-0.39, 0.29) is 11.9 Å². The zero-order valence-corrected chi connectivity index (χ0v) is 11.2. The fourth-order valence-corrected chi connectivity index (χ4v) is 1.60. The highest BCUT2D eigenvalue weighted by Crippen LogP contribution is 2.17. The molecule has 0 saturated heterocycles. The van der Waals surface area contributed by atoms with E-state index in [4.69, 9.17) is 0 Å². The van der Waals surface area contributed by atoms with Gasteiger partial charge in [0.05, 0.1) is 5.56 Å². The van der Waals surface area contributed by atoms with Crippen LogP contribution in [-0.4, -0.2) is 17.3 Å². The molecule has 0 radical (unpaired) electrons. The number of carbonyl (C=O) groups excluding carboxylic acids is 1. The summed E-state index contributed by atoms with van der Waals surface area (Å²) < 4.78 is 13.5. The van der Waals surface area contributed by atoms with Crippen LogP contribution in [0.3, 0.4) is 0 Å². The minimum atomic E-state index is -0.421. The summed E-state index contributed by atoms with van der Waals surface area (Å²) in [6.45, 7) is 1.86. The molecule has 0 fully saturated rings. The Kier molecular flexibility index (Phi) is 4.73. The maximum absolute atomic E-state index is 12.9. The molecule has 1 aromatic carbocycles. The second-order valence-corrected chi connectivity index (χ2v) is 4.65. The smallest absolute Gasteiger partial charge is 0.252 e. The van der Waals surface area contributed by atoms with Gasteiger partial charge in [-0.3, -0.25) is 4.79 Å². The first kappa shape index (κ1) is 12.6. The van der Waals surface area contributed by atoms with E-state index >= 15 is 0 Å². The Morgan fingerprint density at radius 3 is 2.87 bits per heavy atom. The number of amides is 1. The van der Waals surface area contributed by atoms with Gasteiger partial charge >= 0.3 is 0 Å². The van der Waals surface area contributed by atoms with E-state index in [1.54, 1.807) is 0 Å². The van der Waals surface area contributed by atoms with Gasteiger partial charge in [-0.2, -0.15) is 0 Å². The Labute approximate surface area is 105 Å². The first-order chi connectivity index (χ1) is 7.04. The first-order valence-corrected chi connectivity index (χ1v) is 6.28. The number of alkyl halides is 1. The third kappa shape index (κ3) is 3.57. The summed E-state index contributed by atoms with van der Waals surface area (Å²) in [7, 11) is 0. The Morgan fingerprint density at radius 2 is 2.27 bits per heavy atom. The lowest BCUT2D eigenvalue weighted by atomic mass is 10.2. The van der Waals surface area contributed by atoms with Crippen molar-refractivity contribution >= 4 is 37.8 Å². The molecule has 0 aliphatic carbocycles. The predicted octanol–water partition coefficient (Wildman–Crippen LogP) is 3.10. The molecule has 0 aliphatic rings. The molecular weight excluding hydrogens is 329 g/mol. The van der Waals surface area contributed by atoms with E-state index in [9.17, 15) is 9.18 Å². The second-order valence-electron chi connectivity index (χ2n) is 3.15. The number of hydrogen-bond donors (Lipinski definition) is 1. The van der Waals surface area contributed by atoms with Gasteiger partial charge in [0.15, 0.2) is 0 Å². The summed E-state index contributed by atoms with van der Waals surface area (Å²) in [4.78, 5) is 11.7. The molecule has 1 rings (SSSR count). The molecule has 15 heavy (non-hydrogen) atoms. The number of nitrogens with one attached hydrogen (secondary N) is 1. The van der Waals surface area contributed by atoms with Gasteiger partial charge in [0, 0.05) is 15.8 Å². The van der Waals surface area contributed by atoms with Crippen LogP contribution in [0, 0.1) is 5.82 Å². The molecule has 82 valence electrons. The van der Waals surface area contributed by atoms with Gasteiger partial charge in [0.2, 0.25) is 0 Å². The quantitative estimate of drug-likeness (QED) is 0.843. The van der Waals surface area contributed by atoms with Crippen LogP contribution in [-0.2, 0) is 0 Å². The van der Waals surface area contributed by atoms with Crippen LogP contribution in [0.2, 0.25) is 0 Å². The van der Waals surface area contributed by atoms with Crippen LogP contribution in [0.5, 0.6) is 0 Å². The average molecular weight is 339 g/mol. The number of benzene rings is 1. The van der Waals surface area contributed by atoms with E-state index in [0.29, 0.717) is 15.4 Å². The number of rotatable bonds is 3. The van der Waals surface area contributed by atoms with Gasteiger partial charge < -0.3 is 5.32 Å². The fourth-order valence-electron chi connectivity index (χ4n) is 1.01. The lowest BCUT2D eigenvalue weighted by Gasteiger charge is -2.11. The van der Waals surface area contributed by atoms with Crippen molar-refractivity contribution in [1.82, 2.24) is 5.32 Å². The molecule has 0 saturated carbocycles. The molecular formula is C10H10Br2FNO. The number of carbonyl (C=O) groups is 1. The van der Waals surface area contributed by atoms with E-state index in [1.165, 1.54) is 18.2 Å². The zero-order valence-electron chi connectivity index (χ0n) is 8.06. The third-order valence-corrected chi connectivity index (χ3v) is 3.44. The summed E-state index contributed by atoms with van der Waals surface area (Å²) in [5.74, 6) is -0.705. The van der Waals surface area contributed by atoms with Crippen LogP contribution >= 0.6 is 31.9 Å². The first-order valence-electron chi connectivity index (χ1n) is 4.36. The molecule has 0 aromatic heterocycles. The van der Waals surface area contributed by atoms with Crippen LogP contribution < -0.4 is 5.32 Å². The van der Waals surface area contributed by atoms with Crippen molar-refractivity contribution in [2.45, 2.75) is 13.0 Å². The lowest BCUT2D eigenvalue weighted by Crippen LogP contribution is -2.33. The Hall–Kier alpha value is -0.420. The van der Waals surface area contributed by atoms with Gasteiger partial charge in [-0.25, -0.2) is 4.39 Å². The van der Waals surface area contributed by atoms with Crippen molar-refractivity contribution < 1.29 is 9.18 Å². The van der Waals surface area contributed by atoms with Crippen molar-refractivity contribution in [1.29, 1.82) is 0 Å². The Balaban J connectivity index is 2.86. The molecule has 1 amide bonds. The highest BCUT2D eigenvalue weighted by molar-refractivity contribution is 9.10. The minimum absolute atomic E-state index is 0.00710. The van der Waals surface area contributed by atoms with Crippen LogP contribution in [0.25, 0.3) is 0 Å². The Morgan fingerprint density at radius 1 is 1.60 bits per heavy atom. The van der Waals surface area contributed by atoms with E-state index in [2.05, 4.69) is 37.2 Å². The largest absolute Gasteiger partial charge is 0.349 e. The summed E-state index contributed by atoms with van der Waals surface area (Å²) in [5, 5.41) is 3.39. The highest BCUT2D eigenvalue weighted by atomic mass is 79.9. The van der Waals surface area contributed by atoms with Gasteiger partial charge in [-0.05, 0) is 41.1 Å². The van der Waals surface area contributed by atoms with Crippen molar-refractivity contribution in [2.24, 2.45) is 0 Å². The molecule has 1 atom stereocenters. The SMILES string of the molecule is CC(CBr)NC(=O)c1cc(F)ccc1Br. The van der Waals surface area contributed by atoms with Crippen molar-refractivity contribution in [3.8, 4) is 0 Å². The minimum Gasteiger partial charge on any atom is -0.349 e. The number of halogens is 3. The molecule has 1 unspecified atom stereocenters. The van der Waals surface area contributed by atoms with Gasteiger partial charge in [-0.1, -0.05) is 15.9 Å². The van der Waals surface area contributed by atoms with Crippen LogP contribution in [0.15, 0.2) is 22.7 Å². The summed E-state index contributed by atoms with van der Waals surface area (Å²) in [6.07, 6.45) is 0. The van der Waals surface area contributed by atoms with Gasteiger partial charge in [0.25, 0.3) is 5.91 Å². The zero-order chi connectivity index (χ0) is 11.4. The molecule has 0 aliphatic heterocycles. The fraction of sp³-hybridized carbons (Fsp3) is 0.300. The third-order valence-electron chi connectivity index (χ3n) is 1.78. The predicted molar refractivity (Wildman–Crippen MR) is 64.8 cm³/mol. The van der Waals surface area contributed by atoms with Crippen LogP contribution in [0.4, 0.5) is 4.39 Å². The highest BCUT2D eigenvalue weighted by Gasteiger charge is 2.12. The van der Waals surface area contributed by atoms with E-state index < -0.39 is 5.82 Å². The summed E-state index contributed by atoms with van der Waals surface area (Å²) in [6, 6.07) is 4.03. The topological polar surface area (TPSA) is 29.1 Å². The molecule has 0 spiro atoms. The average Bonchev–Trinajstić information content (AvgIpc) is 2.21. The van der Waals surface area contributed by atoms with Crippen molar-refractivity contribution in [3.05, 3.63) is 34.1 Å². The van der Waals surface area contributed by atoms with E-state index in [0.717, 1.165) is 0 Å². The van der Waals surface area contributed by atoms with Gasteiger partial charge in [0.1, 0.15) is 5.82 Å². The molecule has 5 heteroatoms. The number of hydrogen-bond acceptors (Lipinski definition) is 1. The molecule has 0 heterocycles.